The second kappa shape index (κ2) is 5.83. The molecule has 0 saturated carbocycles. The van der Waals surface area contributed by atoms with E-state index in [1.54, 1.807) is 12.4 Å². The summed E-state index contributed by atoms with van der Waals surface area (Å²) >= 11 is 0. The Kier molecular flexibility index (Phi) is 3.94. The molecular formula is C12H11FN4O3. The number of anilines is 1. The highest BCUT2D eigenvalue weighted by atomic mass is 19.1. The monoisotopic (exact) mass is 278 g/mol. The van der Waals surface area contributed by atoms with E-state index in [1.807, 2.05) is 0 Å². The zero-order chi connectivity index (χ0) is 14.5. The van der Waals surface area contributed by atoms with E-state index in [9.17, 15) is 14.0 Å². The first-order valence-electron chi connectivity index (χ1n) is 5.61. The number of H-pyrrole nitrogens is 1. The van der Waals surface area contributed by atoms with Crippen LogP contribution in [0.25, 0.3) is 0 Å². The van der Waals surface area contributed by atoms with Crippen molar-refractivity contribution in [2.75, 3.05) is 5.32 Å². The van der Waals surface area contributed by atoms with Crippen molar-refractivity contribution in [1.29, 1.82) is 0 Å². The van der Waals surface area contributed by atoms with E-state index in [-0.39, 0.29) is 12.2 Å². The maximum absolute atomic E-state index is 13.2. The number of aromatic carboxylic acids is 1. The molecule has 0 unspecified atom stereocenters. The third-order valence-electron chi connectivity index (χ3n) is 2.46. The standard InChI is InChI=1S/C12H11FN4O3/c13-10-2-1-8(3-9(10)11(18)19)17-12(20)14-4-7-5-15-16-6-7/h1-3,5-6H,4H2,(H,15,16)(H,18,19)(H2,14,17,20). The van der Waals surface area contributed by atoms with Gasteiger partial charge in [-0.05, 0) is 18.2 Å². The Balaban J connectivity index is 1.97. The number of hydrogen-bond donors (Lipinski definition) is 4. The Morgan fingerprint density at radius 2 is 2.20 bits per heavy atom. The van der Waals surface area contributed by atoms with Gasteiger partial charge in [0.25, 0.3) is 0 Å². The quantitative estimate of drug-likeness (QED) is 0.680. The van der Waals surface area contributed by atoms with Gasteiger partial charge >= 0.3 is 12.0 Å². The van der Waals surface area contributed by atoms with Crippen LogP contribution in [-0.4, -0.2) is 27.3 Å². The number of aromatic amines is 1. The molecule has 4 N–H and O–H groups in total. The normalized spacial score (nSPS) is 10.1. The average molecular weight is 278 g/mol. The summed E-state index contributed by atoms with van der Waals surface area (Å²) in [5, 5.41) is 20.1. The van der Waals surface area contributed by atoms with Gasteiger partial charge in [0.15, 0.2) is 0 Å². The zero-order valence-corrected chi connectivity index (χ0v) is 10.2. The van der Waals surface area contributed by atoms with Gasteiger partial charge < -0.3 is 15.7 Å². The SMILES string of the molecule is O=C(NCc1cn[nH]c1)Nc1ccc(F)c(C(=O)O)c1. The summed E-state index contributed by atoms with van der Waals surface area (Å²) in [6, 6.07) is 2.78. The largest absolute Gasteiger partial charge is 0.478 e. The van der Waals surface area contributed by atoms with Crippen LogP contribution in [0, 0.1) is 5.82 Å². The van der Waals surface area contributed by atoms with Crippen LogP contribution < -0.4 is 10.6 Å². The maximum atomic E-state index is 13.2. The number of carbonyl (C=O) groups is 2. The molecule has 1 heterocycles. The summed E-state index contributed by atoms with van der Waals surface area (Å²) in [5.41, 5.74) is 0.469. The second-order valence-corrected chi connectivity index (χ2v) is 3.91. The van der Waals surface area contributed by atoms with E-state index in [4.69, 9.17) is 5.11 Å². The summed E-state index contributed by atoms with van der Waals surface area (Å²) in [7, 11) is 0. The minimum absolute atomic E-state index is 0.188. The number of aromatic nitrogens is 2. The van der Waals surface area contributed by atoms with Gasteiger partial charge in [0.2, 0.25) is 0 Å². The van der Waals surface area contributed by atoms with Gasteiger partial charge in [-0.3, -0.25) is 5.10 Å². The number of nitrogens with one attached hydrogen (secondary N) is 3. The Bertz CT molecular complexity index is 628. The molecule has 1 aromatic heterocycles. The predicted octanol–water partition coefficient (Wildman–Crippen LogP) is 1.57. The van der Waals surface area contributed by atoms with Crippen molar-refractivity contribution in [2.45, 2.75) is 6.54 Å². The Morgan fingerprint density at radius 3 is 2.85 bits per heavy atom. The minimum Gasteiger partial charge on any atom is -0.478 e. The first kappa shape index (κ1) is 13.5. The molecule has 2 rings (SSSR count). The third kappa shape index (κ3) is 3.31. The molecule has 0 aliphatic heterocycles. The number of nitrogens with zero attached hydrogens (tertiary/aromatic N) is 1. The number of carboxylic acid groups (broad SMARTS) is 1. The van der Waals surface area contributed by atoms with Crippen LogP contribution in [0.15, 0.2) is 30.6 Å². The highest BCUT2D eigenvalue weighted by molar-refractivity contribution is 5.93. The first-order chi connectivity index (χ1) is 9.56. The number of rotatable bonds is 4. The Hall–Kier alpha value is -2.90. The van der Waals surface area contributed by atoms with Crippen molar-refractivity contribution in [3.63, 3.8) is 0 Å². The molecule has 0 aliphatic rings. The molecule has 0 radical (unpaired) electrons. The molecule has 0 spiro atoms. The predicted molar refractivity (Wildman–Crippen MR) is 67.8 cm³/mol. The first-order valence-corrected chi connectivity index (χ1v) is 5.61. The van der Waals surface area contributed by atoms with Crippen LogP contribution in [0.4, 0.5) is 14.9 Å². The van der Waals surface area contributed by atoms with Crippen molar-refractivity contribution in [1.82, 2.24) is 15.5 Å². The lowest BCUT2D eigenvalue weighted by molar-refractivity contribution is 0.0692. The van der Waals surface area contributed by atoms with E-state index < -0.39 is 23.4 Å². The van der Waals surface area contributed by atoms with E-state index >= 15 is 0 Å². The Labute approximate surface area is 112 Å². The van der Waals surface area contributed by atoms with Crippen molar-refractivity contribution in [2.24, 2.45) is 0 Å². The highest BCUT2D eigenvalue weighted by Gasteiger charge is 2.11. The lowest BCUT2D eigenvalue weighted by Crippen LogP contribution is -2.28. The molecule has 1 aromatic carbocycles. The van der Waals surface area contributed by atoms with Gasteiger partial charge in [-0.2, -0.15) is 5.10 Å². The molecular weight excluding hydrogens is 267 g/mol. The van der Waals surface area contributed by atoms with Crippen molar-refractivity contribution in [3.05, 3.63) is 47.5 Å². The van der Waals surface area contributed by atoms with Crippen LogP contribution in [0.1, 0.15) is 15.9 Å². The fourth-order valence-corrected chi connectivity index (χ4v) is 1.50. The van der Waals surface area contributed by atoms with Crippen LogP contribution in [-0.2, 0) is 6.54 Å². The van der Waals surface area contributed by atoms with E-state index in [1.165, 1.54) is 6.07 Å². The topological polar surface area (TPSA) is 107 Å². The average Bonchev–Trinajstić information content (AvgIpc) is 2.91. The molecule has 2 amide bonds. The molecule has 0 fully saturated rings. The third-order valence-corrected chi connectivity index (χ3v) is 2.46. The summed E-state index contributed by atoms with van der Waals surface area (Å²) in [6.45, 7) is 0.259. The summed E-state index contributed by atoms with van der Waals surface area (Å²) < 4.78 is 13.2. The van der Waals surface area contributed by atoms with Gasteiger partial charge in [0, 0.05) is 24.0 Å². The van der Waals surface area contributed by atoms with Crippen LogP contribution in [0.5, 0.6) is 0 Å². The number of carboxylic acids is 1. The summed E-state index contributed by atoms with van der Waals surface area (Å²) in [5.74, 6) is -2.26. The van der Waals surface area contributed by atoms with Crippen molar-refractivity contribution in [3.8, 4) is 0 Å². The number of halogens is 1. The minimum atomic E-state index is -1.40. The molecule has 2 aromatic rings. The van der Waals surface area contributed by atoms with Gasteiger partial charge in [-0.1, -0.05) is 0 Å². The molecule has 20 heavy (non-hydrogen) atoms. The van der Waals surface area contributed by atoms with E-state index in [0.29, 0.717) is 0 Å². The smallest absolute Gasteiger partial charge is 0.338 e. The van der Waals surface area contributed by atoms with Crippen molar-refractivity contribution < 1.29 is 19.1 Å². The van der Waals surface area contributed by atoms with Crippen molar-refractivity contribution >= 4 is 17.7 Å². The lowest BCUT2D eigenvalue weighted by Gasteiger charge is -2.07. The van der Waals surface area contributed by atoms with E-state index in [2.05, 4.69) is 20.8 Å². The van der Waals surface area contributed by atoms with E-state index in [0.717, 1.165) is 17.7 Å². The van der Waals surface area contributed by atoms with Crippen LogP contribution in [0.2, 0.25) is 0 Å². The van der Waals surface area contributed by atoms with Gasteiger partial charge in [0.05, 0.1) is 11.8 Å². The lowest BCUT2D eigenvalue weighted by atomic mass is 10.2. The van der Waals surface area contributed by atoms with Gasteiger partial charge in [-0.15, -0.1) is 0 Å². The molecule has 0 atom stereocenters. The molecule has 0 aliphatic carbocycles. The number of urea groups is 1. The number of benzene rings is 1. The molecule has 8 heteroatoms. The number of amides is 2. The Morgan fingerprint density at radius 1 is 1.40 bits per heavy atom. The fourth-order valence-electron chi connectivity index (χ4n) is 1.50. The van der Waals surface area contributed by atoms with Crippen LogP contribution in [0.3, 0.4) is 0 Å². The molecule has 0 saturated heterocycles. The van der Waals surface area contributed by atoms with Gasteiger partial charge in [-0.25, -0.2) is 14.0 Å². The fraction of sp³-hybridized carbons (Fsp3) is 0.0833. The zero-order valence-electron chi connectivity index (χ0n) is 10.2. The second-order valence-electron chi connectivity index (χ2n) is 3.91. The number of carbonyl (C=O) groups excluding carboxylic acids is 1. The number of hydrogen-bond acceptors (Lipinski definition) is 3. The van der Waals surface area contributed by atoms with Gasteiger partial charge in [0.1, 0.15) is 5.82 Å². The molecule has 0 bridgehead atoms. The van der Waals surface area contributed by atoms with Crippen LogP contribution >= 0.6 is 0 Å². The summed E-state index contributed by atoms with van der Waals surface area (Å²) in [6.07, 6.45) is 3.18. The maximum Gasteiger partial charge on any atom is 0.338 e. The summed E-state index contributed by atoms with van der Waals surface area (Å²) in [4.78, 5) is 22.3. The molecule has 104 valence electrons. The highest BCUT2D eigenvalue weighted by Crippen LogP contribution is 2.14. The molecule has 7 nitrogen and oxygen atoms in total.